The van der Waals surface area contributed by atoms with E-state index in [0.717, 1.165) is 19.3 Å². The van der Waals surface area contributed by atoms with Gasteiger partial charge in [0.1, 0.15) is 6.04 Å². The molecule has 2 aliphatic rings. The van der Waals surface area contributed by atoms with Crippen molar-refractivity contribution in [2.45, 2.75) is 38.6 Å². The Balaban J connectivity index is 1.79. The van der Waals surface area contributed by atoms with Crippen LogP contribution in [0.15, 0.2) is 0 Å². The number of amides is 2. The van der Waals surface area contributed by atoms with Gasteiger partial charge >= 0.3 is 0 Å². The average Bonchev–Trinajstić information content (AvgIpc) is 2.99. The minimum absolute atomic E-state index is 0.0485. The summed E-state index contributed by atoms with van der Waals surface area (Å²) in [6.45, 7) is 3.86. The monoisotopic (exact) mass is 254 g/mol. The van der Waals surface area contributed by atoms with Crippen molar-refractivity contribution in [1.82, 2.24) is 10.2 Å². The van der Waals surface area contributed by atoms with Crippen LogP contribution in [0.1, 0.15) is 32.6 Å². The quantitative estimate of drug-likeness (QED) is 0.752. The van der Waals surface area contributed by atoms with Crippen LogP contribution in [0.5, 0.6) is 0 Å². The second kappa shape index (κ2) is 5.26. The highest BCUT2D eigenvalue weighted by molar-refractivity contribution is 5.88. The Hall–Kier alpha value is -1.10. The lowest BCUT2D eigenvalue weighted by atomic mass is 10.1. The summed E-state index contributed by atoms with van der Waals surface area (Å²) in [6.07, 6.45) is 3.66. The first kappa shape index (κ1) is 13.3. The number of hydrogen-bond acceptors (Lipinski definition) is 3. The first-order valence-corrected chi connectivity index (χ1v) is 6.64. The number of rotatable bonds is 6. The largest absolute Gasteiger partial charge is 0.384 e. The van der Waals surface area contributed by atoms with E-state index in [4.69, 9.17) is 4.74 Å². The molecule has 1 aliphatic carbocycles. The molecule has 2 amide bonds. The molecule has 1 N–H and O–H groups in total. The molecule has 0 aromatic carbocycles. The van der Waals surface area contributed by atoms with Crippen LogP contribution < -0.4 is 5.32 Å². The number of hydrogen-bond donors (Lipinski definition) is 1. The van der Waals surface area contributed by atoms with Crippen LogP contribution in [0.2, 0.25) is 0 Å². The van der Waals surface area contributed by atoms with Crippen LogP contribution in [0.25, 0.3) is 0 Å². The first-order chi connectivity index (χ1) is 8.58. The van der Waals surface area contributed by atoms with Crippen LogP contribution in [0, 0.1) is 5.41 Å². The topological polar surface area (TPSA) is 58.6 Å². The predicted molar refractivity (Wildman–Crippen MR) is 67.0 cm³/mol. The van der Waals surface area contributed by atoms with Crippen LogP contribution in [0.4, 0.5) is 0 Å². The molecule has 0 aromatic rings. The van der Waals surface area contributed by atoms with Gasteiger partial charge in [-0.3, -0.25) is 9.59 Å². The Morgan fingerprint density at radius 3 is 2.78 bits per heavy atom. The highest BCUT2D eigenvalue weighted by Crippen LogP contribution is 2.45. The summed E-state index contributed by atoms with van der Waals surface area (Å²) in [5.74, 6) is 0.0447. The fourth-order valence-corrected chi connectivity index (χ4v) is 2.50. The summed E-state index contributed by atoms with van der Waals surface area (Å²) in [5, 5.41) is 2.95. The van der Waals surface area contributed by atoms with Gasteiger partial charge in [-0.25, -0.2) is 0 Å². The maximum Gasteiger partial charge on any atom is 0.242 e. The number of methoxy groups -OCH3 is 1. The van der Waals surface area contributed by atoms with Gasteiger partial charge in [-0.15, -0.1) is 0 Å². The van der Waals surface area contributed by atoms with E-state index in [-0.39, 0.29) is 23.3 Å². The highest BCUT2D eigenvalue weighted by Gasteiger charge is 2.43. The van der Waals surface area contributed by atoms with E-state index in [1.54, 1.807) is 18.9 Å². The van der Waals surface area contributed by atoms with Crippen LogP contribution in [-0.4, -0.2) is 49.6 Å². The van der Waals surface area contributed by atoms with Crippen molar-refractivity contribution >= 4 is 11.8 Å². The number of nitrogens with zero attached hydrogens (tertiary/aromatic N) is 1. The lowest BCUT2D eigenvalue weighted by Gasteiger charge is -2.24. The van der Waals surface area contributed by atoms with Crippen LogP contribution in [-0.2, 0) is 14.3 Å². The van der Waals surface area contributed by atoms with Gasteiger partial charge in [0.25, 0.3) is 0 Å². The predicted octanol–water partition coefficient (Wildman–Crippen LogP) is 0.540. The molecule has 2 fully saturated rings. The Bertz CT molecular complexity index is 339. The zero-order chi connectivity index (χ0) is 13.2. The van der Waals surface area contributed by atoms with Crippen LogP contribution >= 0.6 is 0 Å². The van der Waals surface area contributed by atoms with Crippen molar-refractivity contribution in [2.75, 3.05) is 26.8 Å². The van der Waals surface area contributed by atoms with Crippen molar-refractivity contribution in [2.24, 2.45) is 5.41 Å². The molecule has 1 unspecified atom stereocenters. The van der Waals surface area contributed by atoms with E-state index in [1.165, 1.54) is 0 Å². The highest BCUT2D eigenvalue weighted by atomic mass is 16.5. The molecule has 0 spiro atoms. The van der Waals surface area contributed by atoms with E-state index < -0.39 is 0 Å². The average molecular weight is 254 g/mol. The molecular weight excluding hydrogens is 232 g/mol. The van der Waals surface area contributed by atoms with Crippen molar-refractivity contribution < 1.29 is 14.3 Å². The summed E-state index contributed by atoms with van der Waals surface area (Å²) in [4.78, 5) is 25.2. The minimum Gasteiger partial charge on any atom is -0.384 e. The SMILES string of the molecule is COCC1(CNC(=O)C(C)N2CCCC2=O)CC1. The maximum atomic E-state index is 12.0. The molecule has 5 heteroatoms. The molecule has 1 heterocycles. The summed E-state index contributed by atoms with van der Waals surface area (Å²) >= 11 is 0. The molecule has 18 heavy (non-hydrogen) atoms. The maximum absolute atomic E-state index is 12.0. The van der Waals surface area contributed by atoms with E-state index in [0.29, 0.717) is 26.1 Å². The molecule has 0 aromatic heterocycles. The number of ether oxygens (including phenoxy) is 1. The molecule has 5 nitrogen and oxygen atoms in total. The second-order valence-corrected chi connectivity index (χ2v) is 5.52. The number of nitrogens with one attached hydrogen (secondary N) is 1. The van der Waals surface area contributed by atoms with Gasteiger partial charge in [-0.2, -0.15) is 0 Å². The second-order valence-electron chi connectivity index (χ2n) is 5.52. The fourth-order valence-electron chi connectivity index (χ4n) is 2.50. The molecule has 102 valence electrons. The Morgan fingerprint density at radius 1 is 1.56 bits per heavy atom. The molecule has 0 bridgehead atoms. The number of carbonyl (C=O) groups excluding carboxylic acids is 2. The fraction of sp³-hybridized carbons (Fsp3) is 0.846. The Kier molecular flexibility index (Phi) is 3.90. The standard InChI is InChI=1S/C13H22N2O3/c1-10(15-7-3-4-11(15)16)12(17)14-8-13(5-6-13)9-18-2/h10H,3-9H2,1-2H3,(H,14,17). The molecule has 1 saturated heterocycles. The number of likely N-dealkylation sites (tertiary alicyclic amines) is 1. The van der Waals surface area contributed by atoms with E-state index in [2.05, 4.69) is 5.32 Å². The van der Waals surface area contributed by atoms with E-state index in [1.807, 2.05) is 0 Å². The van der Waals surface area contributed by atoms with E-state index in [9.17, 15) is 9.59 Å². The van der Waals surface area contributed by atoms with Gasteiger partial charge in [-0.05, 0) is 26.2 Å². The molecule has 1 aliphatic heterocycles. The molecule has 2 rings (SSSR count). The third-order valence-corrected chi connectivity index (χ3v) is 4.00. The van der Waals surface area contributed by atoms with Gasteiger partial charge in [0, 0.05) is 32.0 Å². The Morgan fingerprint density at radius 2 is 2.28 bits per heavy atom. The lowest BCUT2D eigenvalue weighted by molar-refractivity contribution is -0.136. The molecule has 1 saturated carbocycles. The summed E-state index contributed by atoms with van der Waals surface area (Å²) in [6, 6.07) is -0.349. The summed E-state index contributed by atoms with van der Waals surface area (Å²) < 4.78 is 5.16. The third kappa shape index (κ3) is 2.83. The van der Waals surface area contributed by atoms with Gasteiger partial charge in [0.2, 0.25) is 11.8 Å². The van der Waals surface area contributed by atoms with E-state index >= 15 is 0 Å². The van der Waals surface area contributed by atoms with Gasteiger partial charge in [0.05, 0.1) is 6.61 Å². The van der Waals surface area contributed by atoms with Crippen molar-refractivity contribution in [1.29, 1.82) is 0 Å². The number of carbonyl (C=O) groups is 2. The van der Waals surface area contributed by atoms with Crippen molar-refractivity contribution in [3.63, 3.8) is 0 Å². The van der Waals surface area contributed by atoms with Gasteiger partial charge in [0.15, 0.2) is 0 Å². The smallest absolute Gasteiger partial charge is 0.242 e. The summed E-state index contributed by atoms with van der Waals surface area (Å²) in [5.41, 5.74) is 0.152. The molecule has 1 atom stereocenters. The van der Waals surface area contributed by atoms with Crippen LogP contribution in [0.3, 0.4) is 0 Å². The summed E-state index contributed by atoms with van der Waals surface area (Å²) in [7, 11) is 1.69. The zero-order valence-corrected chi connectivity index (χ0v) is 11.2. The van der Waals surface area contributed by atoms with Gasteiger partial charge < -0.3 is 15.0 Å². The zero-order valence-electron chi connectivity index (χ0n) is 11.2. The Labute approximate surface area is 108 Å². The minimum atomic E-state index is -0.349. The third-order valence-electron chi connectivity index (χ3n) is 4.00. The van der Waals surface area contributed by atoms with Gasteiger partial charge in [-0.1, -0.05) is 0 Å². The normalized spacial score (nSPS) is 23.0. The van der Waals surface area contributed by atoms with Crippen molar-refractivity contribution in [3.05, 3.63) is 0 Å². The first-order valence-electron chi connectivity index (χ1n) is 6.64. The van der Waals surface area contributed by atoms with Crippen molar-refractivity contribution in [3.8, 4) is 0 Å². The lowest BCUT2D eigenvalue weighted by Crippen LogP contribution is -2.47. The molecule has 0 radical (unpaired) electrons. The molecular formula is C13H22N2O3.